The van der Waals surface area contributed by atoms with Gasteiger partial charge < -0.3 is 19.5 Å². The Morgan fingerprint density at radius 1 is 1.09 bits per heavy atom. The van der Waals surface area contributed by atoms with Crippen molar-refractivity contribution in [2.24, 2.45) is 0 Å². The predicted octanol–water partition coefficient (Wildman–Crippen LogP) is 5.01. The minimum Gasteiger partial charge on any atom is -0.495 e. The first kappa shape index (κ1) is 22.5. The summed E-state index contributed by atoms with van der Waals surface area (Å²) in [4.78, 5) is 16.3. The van der Waals surface area contributed by atoms with Crippen LogP contribution in [-0.4, -0.2) is 45.2 Å². The van der Waals surface area contributed by atoms with E-state index in [0.717, 1.165) is 24.3 Å². The Kier molecular flexibility index (Phi) is 6.89. The molecule has 0 bridgehead atoms. The lowest BCUT2D eigenvalue weighted by molar-refractivity contribution is -0.117. The number of benzene rings is 2. The minimum atomic E-state index is -0.100. The van der Waals surface area contributed by atoms with Gasteiger partial charge in [-0.05, 0) is 59.3 Å². The van der Waals surface area contributed by atoms with E-state index in [1.807, 2.05) is 18.2 Å². The SMILES string of the molecule is COc1ccc(NC(=O)CN2CCc3cc(OC)c(OC)cc3[C@H]2c2cccs2)cc1Cl. The third-order valence-corrected chi connectivity index (χ3v) is 6.79. The van der Waals surface area contributed by atoms with Crippen LogP contribution < -0.4 is 19.5 Å². The maximum Gasteiger partial charge on any atom is 0.238 e. The first-order chi connectivity index (χ1) is 15.5. The maximum absolute atomic E-state index is 12.9. The highest BCUT2D eigenvalue weighted by Gasteiger charge is 2.32. The molecule has 0 aliphatic carbocycles. The second kappa shape index (κ2) is 9.81. The fraction of sp³-hybridized carbons (Fsp3) is 0.292. The minimum absolute atomic E-state index is 0.0382. The topological polar surface area (TPSA) is 60.0 Å². The predicted molar refractivity (Wildman–Crippen MR) is 128 cm³/mol. The van der Waals surface area contributed by atoms with Crippen LogP contribution in [0, 0.1) is 0 Å². The number of anilines is 1. The van der Waals surface area contributed by atoms with Gasteiger partial charge >= 0.3 is 0 Å². The Morgan fingerprint density at radius 3 is 2.50 bits per heavy atom. The van der Waals surface area contributed by atoms with E-state index in [1.54, 1.807) is 50.9 Å². The molecule has 2 heterocycles. The summed E-state index contributed by atoms with van der Waals surface area (Å²) in [6.07, 6.45) is 0.819. The summed E-state index contributed by atoms with van der Waals surface area (Å²) >= 11 is 7.88. The summed E-state index contributed by atoms with van der Waals surface area (Å²) in [6, 6.07) is 13.4. The monoisotopic (exact) mass is 472 g/mol. The molecule has 0 saturated heterocycles. The van der Waals surface area contributed by atoms with Gasteiger partial charge in [0.25, 0.3) is 0 Å². The van der Waals surface area contributed by atoms with Crippen molar-refractivity contribution in [2.45, 2.75) is 12.5 Å². The Hall–Kier alpha value is -2.74. The highest BCUT2D eigenvalue weighted by Crippen LogP contribution is 2.42. The van der Waals surface area contributed by atoms with E-state index in [9.17, 15) is 4.79 Å². The first-order valence-electron chi connectivity index (χ1n) is 10.2. The third-order valence-electron chi connectivity index (χ3n) is 5.57. The molecule has 1 aliphatic heterocycles. The van der Waals surface area contributed by atoms with Crippen molar-refractivity contribution in [1.82, 2.24) is 4.90 Å². The number of fused-ring (bicyclic) bond motifs is 1. The number of halogens is 1. The molecule has 32 heavy (non-hydrogen) atoms. The van der Waals surface area contributed by atoms with Crippen molar-refractivity contribution in [3.63, 3.8) is 0 Å². The summed E-state index contributed by atoms with van der Waals surface area (Å²) in [5.41, 5.74) is 2.98. The molecule has 8 heteroatoms. The van der Waals surface area contributed by atoms with Crippen molar-refractivity contribution in [1.29, 1.82) is 0 Å². The number of amides is 1. The second-order valence-electron chi connectivity index (χ2n) is 7.44. The van der Waals surface area contributed by atoms with Gasteiger partial charge in [0.2, 0.25) is 5.91 Å². The molecule has 6 nitrogen and oxygen atoms in total. The number of hydrogen-bond acceptors (Lipinski definition) is 6. The Bertz CT molecular complexity index is 1100. The molecule has 0 spiro atoms. The van der Waals surface area contributed by atoms with Gasteiger partial charge in [0.05, 0.1) is 38.9 Å². The zero-order valence-corrected chi connectivity index (χ0v) is 19.8. The van der Waals surface area contributed by atoms with Crippen molar-refractivity contribution >= 4 is 34.5 Å². The molecule has 0 fully saturated rings. The molecular weight excluding hydrogens is 448 g/mol. The Morgan fingerprint density at radius 2 is 1.84 bits per heavy atom. The number of rotatable bonds is 7. The van der Waals surface area contributed by atoms with Crippen molar-refractivity contribution in [3.8, 4) is 17.2 Å². The van der Waals surface area contributed by atoms with Crippen LogP contribution in [0.5, 0.6) is 17.2 Å². The first-order valence-corrected chi connectivity index (χ1v) is 11.5. The van der Waals surface area contributed by atoms with Crippen molar-refractivity contribution in [3.05, 3.63) is 68.9 Å². The second-order valence-corrected chi connectivity index (χ2v) is 8.83. The molecule has 2 aromatic carbocycles. The van der Waals surface area contributed by atoms with E-state index >= 15 is 0 Å². The molecular formula is C24H25ClN2O4S. The lowest BCUT2D eigenvalue weighted by atomic mass is 9.91. The van der Waals surface area contributed by atoms with Crippen molar-refractivity contribution < 1.29 is 19.0 Å². The molecule has 1 amide bonds. The summed E-state index contributed by atoms with van der Waals surface area (Å²) in [5.74, 6) is 1.88. The van der Waals surface area contributed by atoms with Crippen LogP contribution in [0.15, 0.2) is 47.8 Å². The molecule has 0 saturated carbocycles. The maximum atomic E-state index is 12.9. The summed E-state index contributed by atoms with van der Waals surface area (Å²) < 4.78 is 16.2. The molecule has 0 radical (unpaired) electrons. The standard InChI is InChI=1S/C24H25ClN2O4S/c1-29-19-7-6-16(12-18(19)25)26-23(28)14-27-9-8-15-11-20(30-2)21(31-3)13-17(15)24(27)22-5-4-10-32-22/h4-7,10-13,24H,8-9,14H2,1-3H3,(H,26,28)/t24-/m0/s1. The van der Waals surface area contributed by atoms with Crippen LogP contribution in [0.25, 0.3) is 0 Å². The van der Waals surface area contributed by atoms with Gasteiger partial charge in [-0.25, -0.2) is 0 Å². The largest absolute Gasteiger partial charge is 0.495 e. The highest BCUT2D eigenvalue weighted by molar-refractivity contribution is 7.10. The van der Waals surface area contributed by atoms with Crippen LogP contribution in [0.2, 0.25) is 5.02 Å². The number of carbonyl (C=O) groups excluding carboxylic acids is 1. The van der Waals surface area contributed by atoms with E-state index in [1.165, 1.54) is 10.4 Å². The van der Waals surface area contributed by atoms with E-state index in [2.05, 4.69) is 21.7 Å². The Labute approximate surface area is 196 Å². The molecule has 4 rings (SSSR count). The zero-order chi connectivity index (χ0) is 22.7. The smallest absolute Gasteiger partial charge is 0.238 e. The van der Waals surface area contributed by atoms with Crippen LogP contribution in [0.4, 0.5) is 5.69 Å². The zero-order valence-electron chi connectivity index (χ0n) is 18.2. The number of hydrogen-bond donors (Lipinski definition) is 1. The molecule has 1 atom stereocenters. The van der Waals surface area contributed by atoms with Crippen molar-refractivity contribution in [2.75, 3.05) is 39.7 Å². The molecule has 1 aromatic heterocycles. The quantitative estimate of drug-likeness (QED) is 0.523. The lowest BCUT2D eigenvalue weighted by Gasteiger charge is -2.37. The normalized spacial score (nSPS) is 15.7. The fourth-order valence-electron chi connectivity index (χ4n) is 4.08. The number of carbonyl (C=O) groups is 1. The number of ether oxygens (including phenoxy) is 3. The van der Waals surface area contributed by atoms with Crippen LogP contribution in [0.3, 0.4) is 0 Å². The van der Waals surface area contributed by atoms with E-state index in [4.69, 9.17) is 25.8 Å². The van der Waals surface area contributed by atoms with Gasteiger partial charge in [0.1, 0.15) is 5.75 Å². The third kappa shape index (κ3) is 4.55. The summed E-state index contributed by atoms with van der Waals surface area (Å²) in [7, 11) is 4.84. The van der Waals surface area contributed by atoms with Gasteiger partial charge in [-0.2, -0.15) is 0 Å². The lowest BCUT2D eigenvalue weighted by Crippen LogP contribution is -2.40. The Balaban J connectivity index is 1.60. The number of methoxy groups -OCH3 is 3. The average Bonchev–Trinajstić information content (AvgIpc) is 3.32. The van der Waals surface area contributed by atoms with Crippen LogP contribution in [0.1, 0.15) is 22.0 Å². The number of nitrogens with zero attached hydrogens (tertiary/aromatic N) is 1. The van der Waals surface area contributed by atoms with Gasteiger partial charge in [0.15, 0.2) is 11.5 Å². The number of thiophene rings is 1. The molecule has 1 N–H and O–H groups in total. The van der Waals surface area contributed by atoms with Crippen LogP contribution >= 0.6 is 22.9 Å². The van der Waals surface area contributed by atoms with Crippen LogP contribution in [-0.2, 0) is 11.2 Å². The fourth-order valence-corrected chi connectivity index (χ4v) is 5.21. The highest BCUT2D eigenvalue weighted by atomic mass is 35.5. The number of nitrogens with one attached hydrogen (secondary N) is 1. The van der Waals surface area contributed by atoms with Gasteiger partial charge in [-0.1, -0.05) is 17.7 Å². The molecule has 3 aromatic rings. The van der Waals surface area contributed by atoms with Gasteiger partial charge in [-0.15, -0.1) is 11.3 Å². The summed E-state index contributed by atoms with van der Waals surface area (Å²) in [6.45, 7) is 1.00. The summed E-state index contributed by atoms with van der Waals surface area (Å²) in [5, 5.41) is 5.46. The van der Waals surface area contributed by atoms with E-state index in [0.29, 0.717) is 22.2 Å². The van der Waals surface area contributed by atoms with E-state index in [-0.39, 0.29) is 18.5 Å². The molecule has 168 valence electrons. The van der Waals surface area contributed by atoms with Gasteiger partial charge in [-0.3, -0.25) is 9.69 Å². The average molecular weight is 473 g/mol. The molecule has 1 aliphatic rings. The van der Waals surface area contributed by atoms with E-state index < -0.39 is 0 Å². The molecule has 0 unspecified atom stereocenters. The van der Waals surface area contributed by atoms with Gasteiger partial charge in [0, 0.05) is 17.1 Å².